The fourth-order valence-corrected chi connectivity index (χ4v) is 13.8. The van der Waals surface area contributed by atoms with E-state index in [9.17, 15) is 43.2 Å². The van der Waals surface area contributed by atoms with Crippen molar-refractivity contribution in [3.63, 3.8) is 0 Å². The molecule has 0 spiro atoms. The molecule has 582 valence electrons. The third-order valence-electron chi connectivity index (χ3n) is 18.9. The minimum Gasteiger partial charge on any atom is -0.462 e. The second-order valence-corrected chi connectivity index (χ2v) is 31.6. The molecule has 0 aliphatic carbocycles. The SMILES string of the molecule is CCCCCCCCCCCCCCCCCCCC(=O)O[C@H](COC(=O)CCCCCCCCCCCCCCCCC)COP(=O)(O)OC[C@@H](O)COP(=O)(O)OC[C@@H](COC(=O)CCCCCCCCCCCCCC)OC(=O)CCCCCCCCCCCCC(C)CC. The zero-order valence-electron chi connectivity index (χ0n) is 63.9. The first-order chi connectivity index (χ1) is 47.6. The van der Waals surface area contributed by atoms with Gasteiger partial charge in [0.1, 0.15) is 19.3 Å². The molecule has 0 saturated carbocycles. The van der Waals surface area contributed by atoms with Crippen molar-refractivity contribution < 1.29 is 80.2 Å². The van der Waals surface area contributed by atoms with Gasteiger partial charge in [-0.05, 0) is 31.6 Å². The molecule has 0 aromatic heterocycles. The average molecular weight is 1440 g/mol. The first-order valence-corrected chi connectivity index (χ1v) is 44.2. The third kappa shape index (κ3) is 71.1. The summed E-state index contributed by atoms with van der Waals surface area (Å²) in [6.07, 6.45) is 62.2. The van der Waals surface area contributed by atoms with E-state index in [2.05, 4.69) is 34.6 Å². The molecule has 3 unspecified atom stereocenters. The van der Waals surface area contributed by atoms with E-state index >= 15 is 0 Å². The number of ether oxygens (including phenoxy) is 4. The Morgan fingerprint density at radius 2 is 0.490 bits per heavy atom. The minimum atomic E-state index is -4.96. The molecule has 3 N–H and O–H groups in total. The molecule has 17 nitrogen and oxygen atoms in total. The number of phosphoric acid groups is 2. The van der Waals surface area contributed by atoms with E-state index in [1.807, 2.05) is 0 Å². The molecular weight excluding hydrogens is 1280 g/mol. The Bertz CT molecular complexity index is 1880. The summed E-state index contributed by atoms with van der Waals surface area (Å²) in [6.45, 7) is 7.35. The normalized spacial score (nSPS) is 14.2. The van der Waals surface area contributed by atoms with Crippen LogP contribution in [0, 0.1) is 5.92 Å². The Morgan fingerprint density at radius 3 is 0.724 bits per heavy atom. The van der Waals surface area contributed by atoms with E-state index in [1.165, 1.54) is 244 Å². The lowest BCUT2D eigenvalue weighted by atomic mass is 9.99. The molecule has 0 radical (unpaired) electrons. The Morgan fingerprint density at radius 1 is 0.286 bits per heavy atom. The van der Waals surface area contributed by atoms with Crippen molar-refractivity contribution in [2.75, 3.05) is 39.6 Å². The van der Waals surface area contributed by atoms with Gasteiger partial charge in [0.2, 0.25) is 0 Å². The maximum Gasteiger partial charge on any atom is 0.472 e. The summed E-state index contributed by atoms with van der Waals surface area (Å²) >= 11 is 0. The summed E-state index contributed by atoms with van der Waals surface area (Å²) < 4.78 is 68.7. The molecule has 0 aromatic rings. The van der Waals surface area contributed by atoms with Crippen LogP contribution in [0.1, 0.15) is 420 Å². The van der Waals surface area contributed by atoms with Crippen molar-refractivity contribution in [1.29, 1.82) is 0 Å². The van der Waals surface area contributed by atoms with E-state index in [1.54, 1.807) is 0 Å². The maximum atomic E-state index is 13.1. The van der Waals surface area contributed by atoms with Crippen molar-refractivity contribution in [1.82, 2.24) is 0 Å². The van der Waals surface area contributed by atoms with Crippen LogP contribution in [0.5, 0.6) is 0 Å². The highest BCUT2D eigenvalue weighted by Crippen LogP contribution is 2.45. The van der Waals surface area contributed by atoms with Crippen LogP contribution in [0.2, 0.25) is 0 Å². The number of aliphatic hydroxyl groups excluding tert-OH is 1. The number of carbonyl (C=O) groups excluding carboxylic acids is 4. The summed E-state index contributed by atoms with van der Waals surface area (Å²) in [5.74, 6) is -1.30. The summed E-state index contributed by atoms with van der Waals surface area (Å²) in [7, 11) is -9.92. The Labute approximate surface area is 600 Å². The molecule has 0 heterocycles. The van der Waals surface area contributed by atoms with Crippen LogP contribution in [-0.4, -0.2) is 96.7 Å². The Hall–Kier alpha value is -1.94. The molecule has 0 fully saturated rings. The van der Waals surface area contributed by atoms with Crippen LogP contribution >= 0.6 is 15.6 Å². The smallest absolute Gasteiger partial charge is 0.462 e. The van der Waals surface area contributed by atoms with E-state index < -0.39 is 97.5 Å². The number of phosphoric ester groups is 2. The predicted molar refractivity (Wildman–Crippen MR) is 400 cm³/mol. The second kappa shape index (κ2) is 72.0. The van der Waals surface area contributed by atoms with E-state index in [4.69, 9.17) is 37.0 Å². The van der Waals surface area contributed by atoms with Crippen molar-refractivity contribution in [3.05, 3.63) is 0 Å². The monoisotopic (exact) mass is 1440 g/mol. The van der Waals surface area contributed by atoms with Crippen molar-refractivity contribution in [3.8, 4) is 0 Å². The molecule has 0 bridgehead atoms. The van der Waals surface area contributed by atoms with Gasteiger partial charge in [-0.2, -0.15) is 0 Å². The molecule has 0 aliphatic heterocycles. The standard InChI is InChI=1S/C79H154O17P2/c1-6-10-13-16-19-22-25-28-30-31-33-35-38-44-49-54-59-64-78(83)95-74(68-90-77(82)63-58-53-48-43-37-34-32-29-26-23-20-17-14-11-7-2)70-93-97(85,86)91-66-73(80)67-92-98(87,88)94-71-75(69-89-76(81)62-57-52-47-42-36-27-24-21-18-15-12-8-3)96-79(84)65-60-55-50-45-40-39-41-46-51-56-61-72(5)9-4/h72-75,80H,6-71H2,1-5H3,(H,85,86)(H,87,88)/t72?,73-,74-,75-/m1/s1. The van der Waals surface area contributed by atoms with E-state index in [0.29, 0.717) is 25.7 Å². The molecular formula is C79H154O17P2. The Balaban J connectivity index is 5.26. The Kier molecular flexibility index (Phi) is 70.6. The van der Waals surface area contributed by atoms with Crippen LogP contribution in [0.15, 0.2) is 0 Å². The van der Waals surface area contributed by atoms with Crippen molar-refractivity contribution >= 4 is 39.5 Å². The van der Waals surface area contributed by atoms with Gasteiger partial charge in [-0.3, -0.25) is 37.3 Å². The third-order valence-corrected chi connectivity index (χ3v) is 20.8. The zero-order chi connectivity index (χ0) is 71.9. The first-order valence-electron chi connectivity index (χ1n) is 41.2. The lowest BCUT2D eigenvalue weighted by Crippen LogP contribution is -2.30. The van der Waals surface area contributed by atoms with E-state index in [-0.39, 0.29) is 25.7 Å². The highest BCUT2D eigenvalue weighted by atomic mass is 31.2. The quantitative estimate of drug-likeness (QED) is 0.0222. The van der Waals surface area contributed by atoms with Gasteiger partial charge in [-0.25, -0.2) is 9.13 Å². The highest BCUT2D eigenvalue weighted by molar-refractivity contribution is 7.47. The first kappa shape index (κ1) is 96.1. The average Bonchev–Trinajstić information content (AvgIpc) is 1.21. The van der Waals surface area contributed by atoms with Gasteiger partial charge < -0.3 is 33.8 Å². The fraction of sp³-hybridized carbons (Fsp3) is 0.949. The predicted octanol–water partition coefficient (Wildman–Crippen LogP) is 23.6. The molecule has 98 heavy (non-hydrogen) atoms. The summed E-state index contributed by atoms with van der Waals surface area (Å²) in [4.78, 5) is 73.0. The summed E-state index contributed by atoms with van der Waals surface area (Å²) in [6, 6.07) is 0. The molecule has 0 amide bonds. The van der Waals surface area contributed by atoms with Gasteiger partial charge in [-0.1, -0.05) is 369 Å². The molecule has 19 heteroatoms. The van der Waals surface area contributed by atoms with Crippen LogP contribution in [0.3, 0.4) is 0 Å². The van der Waals surface area contributed by atoms with Crippen LogP contribution in [0.25, 0.3) is 0 Å². The number of rotatable bonds is 79. The van der Waals surface area contributed by atoms with Crippen molar-refractivity contribution in [2.45, 2.75) is 438 Å². The summed E-state index contributed by atoms with van der Waals surface area (Å²) in [5, 5.41) is 10.6. The zero-order valence-corrected chi connectivity index (χ0v) is 65.7. The van der Waals surface area contributed by atoms with Gasteiger partial charge >= 0.3 is 39.5 Å². The van der Waals surface area contributed by atoms with Gasteiger partial charge in [0.05, 0.1) is 26.4 Å². The second-order valence-electron chi connectivity index (χ2n) is 28.7. The largest absolute Gasteiger partial charge is 0.472 e. The number of carbonyl (C=O) groups is 4. The number of esters is 4. The lowest BCUT2D eigenvalue weighted by Gasteiger charge is -2.21. The fourth-order valence-electron chi connectivity index (χ4n) is 12.2. The molecule has 0 rings (SSSR count). The van der Waals surface area contributed by atoms with Crippen LogP contribution in [-0.2, 0) is 65.4 Å². The molecule has 0 aliphatic rings. The molecule has 0 saturated heterocycles. The van der Waals surface area contributed by atoms with Crippen LogP contribution < -0.4 is 0 Å². The van der Waals surface area contributed by atoms with Gasteiger partial charge in [-0.15, -0.1) is 0 Å². The molecule has 6 atom stereocenters. The summed E-state index contributed by atoms with van der Waals surface area (Å²) in [5.41, 5.74) is 0. The lowest BCUT2D eigenvalue weighted by molar-refractivity contribution is -0.161. The number of hydrogen-bond acceptors (Lipinski definition) is 15. The highest BCUT2D eigenvalue weighted by Gasteiger charge is 2.30. The molecule has 0 aromatic carbocycles. The van der Waals surface area contributed by atoms with Gasteiger partial charge in [0.25, 0.3) is 0 Å². The topological polar surface area (TPSA) is 237 Å². The van der Waals surface area contributed by atoms with E-state index in [0.717, 1.165) is 95.8 Å². The van der Waals surface area contributed by atoms with Crippen LogP contribution in [0.4, 0.5) is 0 Å². The number of hydrogen-bond donors (Lipinski definition) is 3. The van der Waals surface area contributed by atoms with Crippen molar-refractivity contribution in [2.24, 2.45) is 5.92 Å². The van der Waals surface area contributed by atoms with Gasteiger partial charge in [0.15, 0.2) is 12.2 Å². The number of aliphatic hydroxyl groups is 1. The maximum absolute atomic E-state index is 13.1. The number of unbranched alkanes of at least 4 members (excludes halogenated alkanes) is 50. The van der Waals surface area contributed by atoms with Gasteiger partial charge in [0, 0.05) is 25.7 Å². The minimum absolute atomic E-state index is 0.107.